The zero-order valence-electron chi connectivity index (χ0n) is 25.9. The number of fused-ring (bicyclic) bond motifs is 3. The molecule has 11 nitrogen and oxygen atoms in total. The number of hydrogen-bond donors (Lipinski definition) is 2. The standard InChI is InChI=1S/C33H31F3N6O5/c1-31(2,3)47-30(46)41-16-32(17-41,13-26(43)44)20-6-8-21(9-7-20)42-27-22-11-18(19-12-23(33(34,35)36)28(37)39-14-19)5-10-24(22)38-15-25(27)40(4)29(42)45/h5-12,14-15H,13,16-17H2,1-4H3,(H2,37,39)(H,43,44). The first kappa shape index (κ1) is 31.6. The van der Waals surface area contributed by atoms with Gasteiger partial charge in [-0.2, -0.15) is 13.2 Å². The first-order chi connectivity index (χ1) is 22.0. The van der Waals surface area contributed by atoms with Gasteiger partial charge in [0.05, 0.1) is 40.4 Å². The van der Waals surface area contributed by atoms with Crippen molar-refractivity contribution in [1.82, 2.24) is 24.0 Å². The zero-order valence-corrected chi connectivity index (χ0v) is 25.9. The molecular weight excluding hydrogens is 617 g/mol. The smallest absolute Gasteiger partial charge is 0.419 e. The van der Waals surface area contributed by atoms with E-state index < -0.39 is 40.6 Å². The number of aliphatic carboxylic acids is 1. The van der Waals surface area contributed by atoms with E-state index in [4.69, 9.17) is 10.5 Å². The predicted molar refractivity (Wildman–Crippen MR) is 168 cm³/mol. The topological polar surface area (TPSA) is 146 Å². The highest BCUT2D eigenvalue weighted by Crippen LogP contribution is 2.40. The van der Waals surface area contributed by atoms with Crippen LogP contribution < -0.4 is 11.4 Å². The number of amides is 1. The highest BCUT2D eigenvalue weighted by molar-refractivity contribution is 6.04. The minimum atomic E-state index is -4.69. The highest BCUT2D eigenvalue weighted by atomic mass is 19.4. The van der Waals surface area contributed by atoms with Gasteiger partial charge in [-0.05, 0) is 62.2 Å². The van der Waals surface area contributed by atoms with Gasteiger partial charge in [-0.15, -0.1) is 0 Å². The number of carbonyl (C=O) groups excluding carboxylic acids is 1. The number of nitrogen functional groups attached to an aromatic ring is 1. The van der Waals surface area contributed by atoms with E-state index in [0.717, 1.165) is 6.07 Å². The highest BCUT2D eigenvalue weighted by Gasteiger charge is 2.49. The monoisotopic (exact) mass is 648 g/mol. The number of carboxylic acids is 1. The number of hydrogen-bond acceptors (Lipinski definition) is 7. The average molecular weight is 649 g/mol. The Kier molecular flexibility index (Phi) is 7.29. The molecule has 1 fully saturated rings. The van der Waals surface area contributed by atoms with Crippen molar-refractivity contribution in [3.05, 3.63) is 82.5 Å². The molecule has 1 aliphatic heterocycles. The van der Waals surface area contributed by atoms with Crippen LogP contribution in [-0.2, 0) is 28.2 Å². The molecule has 1 saturated heterocycles. The Morgan fingerprint density at radius 2 is 1.68 bits per heavy atom. The molecule has 0 bridgehead atoms. The molecule has 0 saturated carbocycles. The Hall–Kier alpha value is -5.40. The average Bonchev–Trinajstić information content (AvgIpc) is 3.23. The SMILES string of the molecule is Cn1c(=O)n(-c2ccc(C3(CC(=O)O)CN(C(=O)OC(C)(C)C)C3)cc2)c2c3cc(-c4cnc(N)c(C(F)(F)F)c4)ccc3ncc21. The number of imidazole rings is 1. The van der Waals surface area contributed by atoms with Gasteiger partial charge in [0.15, 0.2) is 0 Å². The minimum absolute atomic E-state index is 0.150. The number of anilines is 1. The van der Waals surface area contributed by atoms with Gasteiger partial charge in [-0.25, -0.2) is 14.6 Å². The lowest BCUT2D eigenvalue weighted by molar-refractivity contribution is -0.140. The summed E-state index contributed by atoms with van der Waals surface area (Å²) in [5.41, 5.74) is 5.76. The number of aryl methyl sites for hydroxylation is 1. The molecule has 0 radical (unpaired) electrons. The largest absolute Gasteiger partial charge is 0.481 e. The van der Waals surface area contributed by atoms with Gasteiger partial charge in [-0.3, -0.25) is 18.9 Å². The number of aromatic nitrogens is 4. The molecule has 4 heterocycles. The van der Waals surface area contributed by atoms with E-state index in [0.29, 0.717) is 38.8 Å². The molecule has 1 amide bonds. The normalized spacial score (nSPS) is 14.7. The lowest BCUT2D eigenvalue weighted by Crippen LogP contribution is -2.62. The second kappa shape index (κ2) is 10.9. The molecule has 1 aliphatic rings. The van der Waals surface area contributed by atoms with Gasteiger partial charge < -0.3 is 20.5 Å². The van der Waals surface area contributed by atoms with Crippen molar-refractivity contribution in [3.63, 3.8) is 0 Å². The van der Waals surface area contributed by atoms with Gasteiger partial charge in [0.1, 0.15) is 11.4 Å². The van der Waals surface area contributed by atoms with E-state index in [-0.39, 0.29) is 30.8 Å². The Bertz CT molecular complexity index is 2120. The van der Waals surface area contributed by atoms with Crippen molar-refractivity contribution in [3.8, 4) is 16.8 Å². The number of carbonyl (C=O) groups is 2. The van der Waals surface area contributed by atoms with E-state index in [2.05, 4.69) is 9.97 Å². The van der Waals surface area contributed by atoms with E-state index in [1.165, 1.54) is 20.2 Å². The third-order valence-corrected chi connectivity index (χ3v) is 8.31. The molecule has 3 aromatic heterocycles. The van der Waals surface area contributed by atoms with Crippen molar-refractivity contribution >= 4 is 39.8 Å². The van der Waals surface area contributed by atoms with Gasteiger partial charge in [0.25, 0.3) is 0 Å². The van der Waals surface area contributed by atoms with Crippen molar-refractivity contribution < 1.29 is 32.6 Å². The van der Waals surface area contributed by atoms with Crippen molar-refractivity contribution in [2.24, 2.45) is 7.05 Å². The van der Waals surface area contributed by atoms with Crippen LogP contribution in [0.15, 0.2) is 65.7 Å². The number of pyridine rings is 2. The maximum absolute atomic E-state index is 13.6. The number of ether oxygens (including phenoxy) is 1. The quantitative estimate of drug-likeness (QED) is 0.254. The molecule has 5 aromatic rings. The Balaban J connectivity index is 1.42. The summed E-state index contributed by atoms with van der Waals surface area (Å²) in [6.45, 7) is 5.56. The summed E-state index contributed by atoms with van der Waals surface area (Å²) in [6, 6.07) is 12.7. The fourth-order valence-electron chi connectivity index (χ4n) is 6.07. The fourth-order valence-corrected chi connectivity index (χ4v) is 6.07. The van der Waals surface area contributed by atoms with Crippen LogP contribution in [0.25, 0.3) is 38.8 Å². The number of likely N-dealkylation sites (tertiary alicyclic amines) is 1. The van der Waals surface area contributed by atoms with E-state index >= 15 is 0 Å². The van der Waals surface area contributed by atoms with Crippen LogP contribution in [-0.4, -0.2) is 59.9 Å². The molecule has 6 rings (SSSR count). The maximum Gasteiger partial charge on any atom is 0.419 e. The Labute approximate surface area is 266 Å². The summed E-state index contributed by atoms with van der Waals surface area (Å²) in [5, 5.41) is 10.2. The Morgan fingerprint density at radius 1 is 1.00 bits per heavy atom. The number of nitrogens with zero attached hydrogens (tertiary/aromatic N) is 5. The molecule has 47 heavy (non-hydrogen) atoms. The second-order valence-corrected chi connectivity index (χ2v) is 12.8. The first-order valence-corrected chi connectivity index (χ1v) is 14.6. The predicted octanol–water partition coefficient (Wildman–Crippen LogP) is 5.50. The lowest BCUT2D eigenvalue weighted by Gasteiger charge is -2.49. The summed E-state index contributed by atoms with van der Waals surface area (Å²) in [6.07, 6.45) is -2.62. The number of rotatable bonds is 5. The van der Waals surface area contributed by atoms with Crippen LogP contribution in [0.5, 0.6) is 0 Å². The number of benzene rings is 2. The summed E-state index contributed by atoms with van der Waals surface area (Å²) >= 11 is 0. The molecule has 2 aromatic carbocycles. The van der Waals surface area contributed by atoms with Crippen LogP contribution in [0.2, 0.25) is 0 Å². The number of nitrogens with two attached hydrogens (primary N) is 1. The third-order valence-electron chi connectivity index (χ3n) is 8.31. The Morgan fingerprint density at radius 3 is 2.30 bits per heavy atom. The van der Waals surface area contributed by atoms with Crippen LogP contribution in [0.4, 0.5) is 23.8 Å². The second-order valence-electron chi connectivity index (χ2n) is 12.8. The van der Waals surface area contributed by atoms with Crippen LogP contribution >= 0.6 is 0 Å². The molecule has 0 spiro atoms. The molecule has 244 valence electrons. The first-order valence-electron chi connectivity index (χ1n) is 14.6. The van der Waals surface area contributed by atoms with Gasteiger partial charge in [0, 0.05) is 42.7 Å². The molecule has 0 unspecified atom stereocenters. The molecule has 0 aliphatic carbocycles. The van der Waals surface area contributed by atoms with E-state index in [9.17, 15) is 32.7 Å². The molecular formula is C33H31F3N6O5. The van der Waals surface area contributed by atoms with Gasteiger partial charge in [-0.1, -0.05) is 18.2 Å². The lowest BCUT2D eigenvalue weighted by atomic mass is 9.71. The minimum Gasteiger partial charge on any atom is -0.481 e. The van der Waals surface area contributed by atoms with Crippen LogP contribution in [0.1, 0.15) is 38.3 Å². The maximum atomic E-state index is 13.6. The fraction of sp³-hybridized carbons (Fsp3) is 0.303. The van der Waals surface area contributed by atoms with Gasteiger partial charge >= 0.3 is 23.9 Å². The molecule has 14 heteroatoms. The summed E-state index contributed by atoms with van der Waals surface area (Å²) < 4.78 is 49.1. The number of carboxylic acid groups (broad SMARTS) is 1. The number of alkyl halides is 3. The molecule has 3 N–H and O–H groups in total. The molecule has 0 atom stereocenters. The van der Waals surface area contributed by atoms with Crippen LogP contribution in [0, 0.1) is 0 Å². The summed E-state index contributed by atoms with van der Waals surface area (Å²) in [4.78, 5) is 47.8. The van der Waals surface area contributed by atoms with E-state index in [1.807, 2.05) is 0 Å². The zero-order chi connectivity index (χ0) is 34.1. The van der Waals surface area contributed by atoms with E-state index in [1.54, 1.807) is 76.5 Å². The number of halogens is 3. The van der Waals surface area contributed by atoms with Crippen molar-refractivity contribution in [2.75, 3.05) is 18.8 Å². The summed E-state index contributed by atoms with van der Waals surface area (Å²) in [7, 11) is 1.59. The van der Waals surface area contributed by atoms with Gasteiger partial charge in [0.2, 0.25) is 0 Å². The summed E-state index contributed by atoms with van der Waals surface area (Å²) in [5.74, 6) is -1.65. The van der Waals surface area contributed by atoms with Crippen molar-refractivity contribution in [2.45, 2.75) is 44.4 Å². The van der Waals surface area contributed by atoms with Crippen LogP contribution in [0.3, 0.4) is 0 Å². The van der Waals surface area contributed by atoms with Crippen molar-refractivity contribution in [1.29, 1.82) is 0 Å². The third kappa shape index (κ3) is 5.64.